The van der Waals surface area contributed by atoms with Gasteiger partial charge in [-0.3, -0.25) is 0 Å². The summed E-state index contributed by atoms with van der Waals surface area (Å²) < 4.78 is 0. The van der Waals surface area contributed by atoms with E-state index in [1.165, 1.54) is 0 Å². The van der Waals surface area contributed by atoms with E-state index in [9.17, 15) is 0 Å². The molecule has 0 aliphatic heterocycles. The molecular formula is CoFeMoSi. The Kier molecular flexibility index (Phi) is 198. The Bertz CT molecular complexity index is 8.00. The van der Waals surface area contributed by atoms with Gasteiger partial charge in [-0.05, 0) is 0 Å². The zero-order chi connectivity index (χ0) is 0. The van der Waals surface area contributed by atoms with Crippen LogP contribution in [0.15, 0.2) is 0 Å². The standard InChI is InChI=1S/Co.Fe.Mo.Si. The number of rotatable bonds is 0. The van der Waals surface area contributed by atoms with Crippen molar-refractivity contribution in [2.24, 2.45) is 0 Å². The predicted octanol–water partition coefficient (Wildman–Crippen LogP) is -0.388. The molecule has 0 nitrogen and oxygen atoms in total. The Morgan fingerprint density at radius 2 is 1.00 bits per heavy atom. The average molecular weight is 239 g/mol. The van der Waals surface area contributed by atoms with E-state index >= 15 is 0 Å². The van der Waals surface area contributed by atoms with Gasteiger partial charge < -0.3 is 0 Å². The van der Waals surface area contributed by atoms with E-state index in [2.05, 4.69) is 0 Å². The van der Waals surface area contributed by atoms with Crippen LogP contribution in [0.2, 0.25) is 0 Å². The van der Waals surface area contributed by atoms with Gasteiger partial charge in [-0.15, -0.1) is 0 Å². The first-order valence-electron chi connectivity index (χ1n) is 0. The van der Waals surface area contributed by atoms with Crippen LogP contribution >= 0.6 is 0 Å². The molecule has 0 amide bonds. The van der Waals surface area contributed by atoms with Gasteiger partial charge in [0.05, 0.1) is 0 Å². The minimum absolute atomic E-state index is 0. The van der Waals surface area contributed by atoms with Gasteiger partial charge in [-0.25, -0.2) is 0 Å². The van der Waals surface area contributed by atoms with Gasteiger partial charge in [-0.2, -0.15) is 0 Å². The zero-order valence-corrected chi connectivity index (χ0v) is 6.75. The normalized spacial score (nSPS) is 0. The molecule has 0 atom stereocenters. The third kappa shape index (κ3) is 9.06. The third-order valence-corrected chi connectivity index (χ3v) is 0. The minimum Gasteiger partial charge on any atom is 0 e. The molecule has 0 saturated carbocycles. The minimum atomic E-state index is 0. The Hall–Kier alpha value is 1.93. The topological polar surface area (TPSA) is 0 Å². The van der Waals surface area contributed by atoms with Crippen LogP contribution in [0.4, 0.5) is 0 Å². The molecule has 0 aromatic carbocycles. The first kappa shape index (κ1) is 38.7. The van der Waals surface area contributed by atoms with Crippen LogP contribution in [0.25, 0.3) is 0 Å². The molecule has 0 N–H and O–H groups in total. The van der Waals surface area contributed by atoms with E-state index in [0.29, 0.717) is 0 Å². The molecule has 0 bridgehead atoms. The van der Waals surface area contributed by atoms with E-state index < -0.39 is 0 Å². The van der Waals surface area contributed by atoms with E-state index in [-0.39, 0.29) is 65.9 Å². The van der Waals surface area contributed by atoms with Gasteiger partial charge >= 0.3 is 0 Å². The van der Waals surface area contributed by atoms with E-state index in [1.807, 2.05) is 0 Å². The van der Waals surface area contributed by atoms with Crippen LogP contribution in [0, 0.1) is 0 Å². The Morgan fingerprint density at radius 3 is 1.00 bits per heavy atom. The van der Waals surface area contributed by atoms with Crippen molar-refractivity contribution in [3.05, 3.63) is 0 Å². The zero-order valence-electron chi connectivity index (χ0n) is 1.60. The smallest absolute Gasteiger partial charge is 0 e. The van der Waals surface area contributed by atoms with Gasteiger partial charge in [0, 0.05) is 65.9 Å². The molecule has 0 aliphatic carbocycles. The largest absolute Gasteiger partial charge is 0 e. The van der Waals surface area contributed by atoms with Crippen molar-refractivity contribution in [2.75, 3.05) is 0 Å². The van der Waals surface area contributed by atoms with Crippen LogP contribution < -0.4 is 0 Å². The maximum Gasteiger partial charge on any atom is 0 e. The summed E-state index contributed by atoms with van der Waals surface area (Å²) in [6.07, 6.45) is 0. The van der Waals surface area contributed by atoms with Gasteiger partial charge in [0.15, 0.2) is 0 Å². The summed E-state index contributed by atoms with van der Waals surface area (Å²) in [6.45, 7) is 0. The van der Waals surface area contributed by atoms with Gasteiger partial charge in [0.2, 0.25) is 0 Å². The van der Waals surface area contributed by atoms with Gasteiger partial charge in [0.1, 0.15) is 0 Å². The van der Waals surface area contributed by atoms with Crippen LogP contribution in [0.5, 0.6) is 0 Å². The average Bonchev–Trinajstić information content (AvgIpc) is 0. The quantitative estimate of drug-likeness (QED) is 0.505. The summed E-state index contributed by atoms with van der Waals surface area (Å²) in [5, 5.41) is 0. The van der Waals surface area contributed by atoms with Crippen molar-refractivity contribution in [3.63, 3.8) is 0 Å². The summed E-state index contributed by atoms with van der Waals surface area (Å²) in [5.41, 5.74) is 0. The van der Waals surface area contributed by atoms with E-state index in [0.717, 1.165) is 0 Å². The fourth-order valence-corrected chi connectivity index (χ4v) is 0. The Balaban J connectivity index is 0. The van der Waals surface area contributed by atoms with Crippen molar-refractivity contribution in [2.45, 2.75) is 0 Å². The molecule has 4 heavy (non-hydrogen) atoms. The van der Waals surface area contributed by atoms with Crippen LogP contribution in [0.1, 0.15) is 0 Å². The molecule has 0 aromatic rings. The first-order chi connectivity index (χ1) is 0. The summed E-state index contributed by atoms with van der Waals surface area (Å²) >= 11 is 0. The predicted molar refractivity (Wildman–Crippen MR) is 5.75 cm³/mol. The Morgan fingerprint density at radius 1 is 1.00 bits per heavy atom. The van der Waals surface area contributed by atoms with Gasteiger partial charge in [0.25, 0.3) is 0 Å². The summed E-state index contributed by atoms with van der Waals surface area (Å²) in [4.78, 5) is 0. The molecule has 0 rings (SSSR count). The number of hydrogen-bond donors (Lipinski definition) is 0. The fourth-order valence-electron chi connectivity index (χ4n) is 0. The number of hydrogen-bond acceptors (Lipinski definition) is 0. The maximum absolute atomic E-state index is 0. The molecule has 0 unspecified atom stereocenters. The molecular weight excluding hydrogens is 239 g/mol. The molecule has 0 fully saturated rings. The van der Waals surface area contributed by atoms with E-state index in [4.69, 9.17) is 0 Å². The monoisotopic (exact) mass is 241 g/mol. The van der Waals surface area contributed by atoms with Crippen LogP contribution in [-0.2, 0) is 54.9 Å². The first-order valence-corrected chi connectivity index (χ1v) is 0. The van der Waals surface area contributed by atoms with Crippen molar-refractivity contribution in [3.8, 4) is 0 Å². The molecule has 0 saturated heterocycles. The summed E-state index contributed by atoms with van der Waals surface area (Å²) in [5.74, 6) is 0. The maximum atomic E-state index is 0. The summed E-state index contributed by atoms with van der Waals surface area (Å²) in [6, 6.07) is 0. The van der Waals surface area contributed by atoms with Crippen molar-refractivity contribution >= 4 is 11.0 Å². The molecule has 0 aromatic heterocycles. The molecule has 0 heterocycles. The van der Waals surface area contributed by atoms with Crippen LogP contribution in [-0.4, -0.2) is 11.0 Å². The van der Waals surface area contributed by atoms with Gasteiger partial charge in [-0.1, -0.05) is 0 Å². The van der Waals surface area contributed by atoms with E-state index in [1.54, 1.807) is 0 Å². The second kappa shape index (κ2) is 20.4. The molecule has 5 radical (unpaired) electrons. The molecule has 27 valence electrons. The van der Waals surface area contributed by atoms with Crippen molar-refractivity contribution in [1.82, 2.24) is 0 Å². The molecule has 0 aliphatic rings. The Labute approximate surface area is 65.4 Å². The second-order valence-corrected chi connectivity index (χ2v) is 0. The fraction of sp³-hybridized carbons (Fsp3) is 0. The SMILES string of the molecule is [Co].[Fe].[Mo].[Si]. The van der Waals surface area contributed by atoms with Crippen LogP contribution in [0.3, 0.4) is 0 Å². The molecule has 0 spiro atoms. The van der Waals surface area contributed by atoms with Crippen molar-refractivity contribution in [1.29, 1.82) is 0 Å². The third-order valence-electron chi connectivity index (χ3n) is 0. The molecule has 4 heteroatoms. The second-order valence-electron chi connectivity index (χ2n) is 0. The summed E-state index contributed by atoms with van der Waals surface area (Å²) in [7, 11) is 0. The van der Waals surface area contributed by atoms with Crippen molar-refractivity contribution < 1.29 is 54.9 Å².